The molecule has 2 aromatic carbocycles. The highest BCUT2D eigenvalue weighted by molar-refractivity contribution is 5.90. The van der Waals surface area contributed by atoms with Gasteiger partial charge in [0.2, 0.25) is 0 Å². The van der Waals surface area contributed by atoms with Crippen LogP contribution in [0.1, 0.15) is 66.9 Å². The Labute approximate surface area is 219 Å². The van der Waals surface area contributed by atoms with Crippen LogP contribution in [0.25, 0.3) is 22.2 Å². The number of ether oxygens (including phenoxy) is 1. The molecule has 1 aromatic heterocycles. The summed E-state index contributed by atoms with van der Waals surface area (Å²) in [5, 5.41) is 5.78. The summed E-state index contributed by atoms with van der Waals surface area (Å²) in [6.07, 6.45) is 13.6. The van der Waals surface area contributed by atoms with E-state index < -0.39 is 0 Å². The van der Waals surface area contributed by atoms with E-state index in [0.29, 0.717) is 11.2 Å². The van der Waals surface area contributed by atoms with E-state index in [1.54, 1.807) is 6.26 Å². The van der Waals surface area contributed by atoms with Crippen LogP contribution in [0, 0.1) is 5.41 Å². The average molecular weight is 486 g/mol. The predicted molar refractivity (Wildman–Crippen MR) is 159 cm³/mol. The van der Waals surface area contributed by atoms with Crippen molar-refractivity contribution in [1.82, 2.24) is 4.98 Å². The molecule has 0 radical (unpaired) electrons. The number of nitrogens with zero attached hydrogens (tertiary/aromatic N) is 2. The lowest BCUT2D eigenvalue weighted by molar-refractivity contribution is 0.226. The van der Waals surface area contributed by atoms with E-state index in [0.717, 1.165) is 46.8 Å². The molecule has 1 N–H and O–H groups in total. The van der Waals surface area contributed by atoms with E-state index in [1.807, 2.05) is 31.3 Å². The lowest BCUT2D eigenvalue weighted by atomic mass is 9.77. The Morgan fingerprint density at radius 3 is 2.47 bits per heavy atom. The molecule has 2 fully saturated rings. The highest BCUT2D eigenvalue weighted by atomic mass is 16.5. The van der Waals surface area contributed by atoms with Gasteiger partial charge in [-0.2, -0.15) is 0 Å². The first-order valence-electron chi connectivity index (χ1n) is 12.7. The van der Waals surface area contributed by atoms with Gasteiger partial charge in [0.15, 0.2) is 0 Å². The third kappa shape index (κ3) is 5.48. The summed E-state index contributed by atoms with van der Waals surface area (Å²) < 4.78 is 5.55. The Hall–Kier alpha value is -3.53. The Kier molecular flexibility index (Phi) is 7.83. The zero-order valence-electron chi connectivity index (χ0n) is 20.7. The molecule has 1 spiro atoms. The minimum absolute atomic E-state index is 0. The molecule has 3 aromatic rings. The number of benzene rings is 2. The van der Waals surface area contributed by atoms with Gasteiger partial charge in [-0.05, 0) is 79.1 Å². The summed E-state index contributed by atoms with van der Waals surface area (Å²) in [6, 6.07) is 16.8. The highest BCUT2D eigenvalue weighted by Gasteiger charge is 2.37. The standard InChI is InChI=1S/C31H35N3O.CH4.2H2/c1-4-19-35-24(3)27-8-7-25-9-10-29(21-28(25)20-27)33-23(2)26-11-16-32-30(22-26)34-17-14-31(15-18-34)12-5-6-13-31;;;/h4,7-11,16,19-22,33H,2-3,5-6,12-15,17-18H2,1H3;1H4;2*1H. The Morgan fingerprint density at radius 2 is 1.72 bits per heavy atom. The van der Waals surface area contributed by atoms with Gasteiger partial charge in [-0.25, -0.2) is 4.98 Å². The number of pyridine rings is 1. The van der Waals surface area contributed by atoms with Crippen molar-refractivity contribution in [2.24, 2.45) is 5.41 Å². The summed E-state index contributed by atoms with van der Waals surface area (Å²) >= 11 is 0. The number of hydrogen-bond acceptors (Lipinski definition) is 4. The van der Waals surface area contributed by atoms with E-state index in [4.69, 9.17) is 4.74 Å². The van der Waals surface area contributed by atoms with Crippen LogP contribution in [0.5, 0.6) is 0 Å². The molecule has 1 aliphatic heterocycles. The molecule has 4 nitrogen and oxygen atoms in total. The monoisotopic (exact) mass is 485 g/mol. The van der Waals surface area contributed by atoms with Crippen LogP contribution in [0.4, 0.5) is 11.5 Å². The van der Waals surface area contributed by atoms with Crippen LogP contribution in [-0.4, -0.2) is 18.1 Å². The average Bonchev–Trinajstić information content (AvgIpc) is 3.35. The van der Waals surface area contributed by atoms with E-state index in [9.17, 15) is 0 Å². The topological polar surface area (TPSA) is 37.4 Å². The lowest BCUT2D eigenvalue weighted by Crippen LogP contribution is -2.39. The van der Waals surface area contributed by atoms with Gasteiger partial charge in [-0.1, -0.05) is 57.7 Å². The van der Waals surface area contributed by atoms with Gasteiger partial charge in [0.05, 0.1) is 6.26 Å². The van der Waals surface area contributed by atoms with Crippen molar-refractivity contribution < 1.29 is 7.59 Å². The van der Waals surface area contributed by atoms with Crippen LogP contribution >= 0.6 is 0 Å². The second-order valence-electron chi connectivity index (χ2n) is 9.99. The number of rotatable bonds is 7. The van der Waals surface area contributed by atoms with E-state index >= 15 is 0 Å². The zero-order valence-corrected chi connectivity index (χ0v) is 20.7. The van der Waals surface area contributed by atoms with Gasteiger partial charge >= 0.3 is 0 Å². The fraction of sp³-hybridized carbons (Fsp3) is 0.344. The Balaban J connectivity index is 0.00000169. The van der Waals surface area contributed by atoms with Gasteiger partial charge in [0.25, 0.3) is 0 Å². The molecule has 4 heteroatoms. The minimum atomic E-state index is 0. The van der Waals surface area contributed by atoms with Crippen LogP contribution in [0.15, 0.2) is 80.2 Å². The minimum Gasteiger partial charge on any atom is -0.465 e. The summed E-state index contributed by atoms with van der Waals surface area (Å²) in [5.74, 6) is 1.69. The maximum Gasteiger partial charge on any atom is 0.129 e. The first kappa shape index (κ1) is 25.6. The molecule has 1 aliphatic carbocycles. The maximum atomic E-state index is 5.55. The largest absolute Gasteiger partial charge is 0.465 e. The second kappa shape index (κ2) is 11.0. The molecule has 1 saturated heterocycles. The number of aromatic nitrogens is 1. The van der Waals surface area contributed by atoms with Gasteiger partial charge in [-0.15, -0.1) is 0 Å². The van der Waals surface area contributed by atoms with Crippen LogP contribution in [0.2, 0.25) is 0 Å². The van der Waals surface area contributed by atoms with Crippen LogP contribution in [-0.2, 0) is 4.74 Å². The summed E-state index contributed by atoms with van der Waals surface area (Å²) in [5.41, 5.74) is 4.51. The summed E-state index contributed by atoms with van der Waals surface area (Å²) in [4.78, 5) is 7.13. The molecule has 0 unspecified atom stereocenters. The van der Waals surface area contributed by atoms with Gasteiger partial charge in [0.1, 0.15) is 11.6 Å². The van der Waals surface area contributed by atoms with Crippen molar-refractivity contribution in [1.29, 1.82) is 0 Å². The predicted octanol–water partition coefficient (Wildman–Crippen LogP) is 9.13. The summed E-state index contributed by atoms with van der Waals surface area (Å²) in [7, 11) is 0. The molecule has 0 atom stereocenters. The SMILES string of the molecule is C.C=C(Nc1ccc2ccc(C(=C)OC=CC)cc2c1)c1ccnc(N2CCC3(CCCC3)CC2)c1.[HH].[HH]. The molecule has 2 heterocycles. The Bertz CT molecular complexity index is 1270. The normalized spacial score (nSPS) is 16.8. The molecule has 2 aliphatic rings. The van der Waals surface area contributed by atoms with Gasteiger partial charge in [0, 0.05) is 44.7 Å². The summed E-state index contributed by atoms with van der Waals surface area (Å²) in [6.45, 7) is 12.5. The first-order chi connectivity index (χ1) is 17.0. The van der Waals surface area contributed by atoms with Crippen LogP contribution in [0.3, 0.4) is 0 Å². The van der Waals surface area contributed by atoms with Gasteiger partial charge in [-0.3, -0.25) is 0 Å². The van der Waals surface area contributed by atoms with Crippen molar-refractivity contribution in [3.05, 3.63) is 91.4 Å². The second-order valence-corrected chi connectivity index (χ2v) is 9.99. The number of piperidine rings is 1. The number of anilines is 2. The third-order valence-electron chi connectivity index (χ3n) is 7.71. The van der Waals surface area contributed by atoms with Crippen molar-refractivity contribution in [3.8, 4) is 0 Å². The smallest absolute Gasteiger partial charge is 0.129 e. The van der Waals surface area contributed by atoms with Crippen molar-refractivity contribution >= 4 is 33.7 Å². The molecular formula is C32H43N3O. The molecule has 0 bridgehead atoms. The van der Waals surface area contributed by atoms with Crippen molar-refractivity contribution in [2.75, 3.05) is 23.3 Å². The molecule has 36 heavy (non-hydrogen) atoms. The third-order valence-corrected chi connectivity index (χ3v) is 7.71. The molecule has 1 saturated carbocycles. The Morgan fingerprint density at radius 1 is 0.972 bits per heavy atom. The number of allylic oxidation sites excluding steroid dienone is 1. The number of nitrogens with one attached hydrogen (secondary N) is 1. The quantitative estimate of drug-likeness (QED) is 0.339. The van der Waals surface area contributed by atoms with E-state index in [2.05, 4.69) is 64.8 Å². The lowest BCUT2D eigenvalue weighted by Gasteiger charge is -2.40. The fourth-order valence-corrected chi connectivity index (χ4v) is 5.58. The number of fused-ring (bicyclic) bond motifs is 1. The van der Waals surface area contributed by atoms with Crippen molar-refractivity contribution in [3.63, 3.8) is 0 Å². The maximum absolute atomic E-state index is 5.55. The zero-order chi connectivity index (χ0) is 24.3. The van der Waals surface area contributed by atoms with Crippen molar-refractivity contribution in [2.45, 2.75) is 52.9 Å². The molecular weight excluding hydrogens is 442 g/mol. The highest BCUT2D eigenvalue weighted by Crippen LogP contribution is 2.46. The van der Waals surface area contributed by atoms with E-state index in [-0.39, 0.29) is 10.3 Å². The first-order valence-corrected chi connectivity index (χ1v) is 12.7. The fourth-order valence-electron chi connectivity index (χ4n) is 5.58. The number of hydrogen-bond donors (Lipinski definition) is 1. The molecule has 0 amide bonds. The van der Waals surface area contributed by atoms with E-state index in [1.165, 1.54) is 43.9 Å². The molecule has 192 valence electrons. The van der Waals surface area contributed by atoms with Gasteiger partial charge < -0.3 is 15.0 Å². The van der Waals surface area contributed by atoms with Crippen LogP contribution < -0.4 is 10.2 Å². The molecule has 5 rings (SSSR count).